The second-order valence-corrected chi connectivity index (χ2v) is 11.0. The van der Waals surface area contributed by atoms with Crippen molar-refractivity contribution in [2.24, 2.45) is 11.8 Å². The minimum atomic E-state index is -3.81. The normalized spacial score (nSPS) is 19.3. The number of para-hydroxylation sites is 1. The van der Waals surface area contributed by atoms with Crippen LogP contribution in [0, 0.1) is 11.8 Å². The first-order valence-electron chi connectivity index (χ1n) is 11.3. The van der Waals surface area contributed by atoms with Crippen LogP contribution in [0.5, 0.6) is 11.5 Å². The molecule has 180 valence electrons. The number of piperidine rings is 1. The highest BCUT2D eigenvalue weighted by Crippen LogP contribution is 2.32. The van der Waals surface area contributed by atoms with Crippen molar-refractivity contribution in [3.8, 4) is 11.5 Å². The Hall–Kier alpha value is -2.58. The van der Waals surface area contributed by atoms with Crippen LogP contribution in [0.2, 0.25) is 0 Å². The molecule has 8 heteroatoms. The number of hydrogen-bond acceptors (Lipinski definition) is 5. The molecule has 0 saturated carbocycles. The Morgan fingerprint density at radius 3 is 2.39 bits per heavy atom. The van der Waals surface area contributed by atoms with Crippen LogP contribution in [0.4, 0.5) is 0 Å². The fourth-order valence-electron chi connectivity index (χ4n) is 4.26. The molecule has 0 aromatic heterocycles. The molecule has 1 aliphatic rings. The molecule has 2 atom stereocenters. The van der Waals surface area contributed by atoms with Crippen LogP contribution in [0.15, 0.2) is 47.4 Å². The molecule has 0 radical (unpaired) electrons. The maximum Gasteiger partial charge on any atom is 0.251 e. The molecule has 1 amide bonds. The van der Waals surface area contributed by atoms with Crippen LogP contribution in [0.25, 0.3) is 0 Å². The van der Waals surface area contributed by atoms with Gasteiger partial charge >= 0.3 is 0 Å². The Kier molecular flexibility index (Phi) is 8.02. The molecule has 1 fully saturated rings. The molecule has 1 aliphatic heterocycles. The number of methoxy groups -OCH3 is 1. The number of ether oxygens (including phenoxy) is 2. The van der Waals surface area contributed by atoms with Gasteiger partial charge in [0.25, 0.3) is 5.91 Å². The second-order valence-electron chi connectivity index (χ2n) is 9.09. The van der Waals surface area contributed by atoms with Crippen LogP contribution in [0.1, 0.15) is 50.0 Å². The highest BCUT2D eigenvalue weighted by atomic mass is 32.2. The summed E-state index contributed by atoms with van der Waals surface area (Å²) in [7, 11) is -2.37. The molecule has 0 aliphatic carbocycles. The third kappa shape index (κ3) is 6.06. The van der Waals surface area contributed by atoms with E-state index in [1.807, 2.05) is 38.1 Å². The molecular formula is C25H34N2O5S. The van der Waals surface area contributed by atoms with E-state index in [1.54, 1.807) is 6.07 Å². The molecule has 33 heavy (non-hydrogen) atoms. The van der Waals surface area contributed by atoms with E-state index in [1.165, 1.54) is 23.5 Å². The van der Waals surface area contributed by atoms with Gasteiger partial charge in [-0.2, -0.15) is 4.31 Å². The molecular weight excluding hydrogens is 440 g/mol. The first-order valence-corrected chi connectivity index (χ1v) is 12.8. The summed E-state index contributed by atoms with van der Waals surface area (Å²) in [6.45, 7) is 9.17. The Labute approximate surface area is 197 Å². The zero-order valence-electron chi connectivity index (χ0n) is 20.0. The summed E-state index contributed by atoms with van der Waals surface area (Å²) >= 11 is 0. The largest absolute Gasteiger partial charge is 0.495 e. The molecule has 1 heterocycles. The summed E-state index contributed by atoms with van der Waals surface area (Å²) in [6, 6.07) is 12.0. The van der Waals surface area contributed by atoms with Gasteiger partial charge in [-0.25, -0.2) is 8.42 Å². The number of nitrogens with one attached hydrogen (secondary N) is 1. The number of benzene rings is 2. The van der Waals surface area contributed by atoms with Gasteiger partial charge < -0.3 is 14.8 Å². The number of carbonyl (C=O) groups excluding carboxylic acids is 1. The quantitative estimate of drug-likeness (QED) is 0.623. The van der Waals surface area contributed by atoms with E-state index in [0.717, 1.165) is 12.0 Å². The SMILES string of the molecule is COc1ccc(C(=O)NCc2ccccc2OC(C)C)cc1S(=O)(=O)N1CC(C)CC(C)C1. The van der Waals surface area contributed by atoms with Crippen molar-refractivity contribution < 1.29 is 22.7 Å². The summed E-state index contributed by atoms with van der Waals surface area (Å²) in [4.78, 5) is 12.9. The lowest BCUT2D eigenvalue weighted by Crippen LogP contribution is -2.42. The van der Waals surface area contributed by atoms with Crippen molar-refractivity contribution in [3.05, 3.63) is 53.6 Å². The Balaban J connectivity index is 1.83. The number of sulfonamides is 1. The summed E-state index contributed by atoms with van der Waals surface area (Å²) in [6.07, 6.45) is 1.00. The van der Waals surface area contributed by atoms with E-state index >= 15 is 0 Å². The van der Waals surface area contributed by atoms with Crippen molar-refractivity contribution in [2.45, 2.75) is 51.7 Å². The average Bonchev–Trinajstić information content (AvgIpc) is 2.76. The monoisotopic (exact) mass is 474 g/mol. The van der Waals surface area contributed by atoms with Crippen molar-refractivity contribution in [1.82, 2.24) is 9.62 Å². The standard InChI is InChI=1S/C25H34N2O5S/c1-17(2)32-22-9-7-6-8-21(22)14-26-25(28)20-10-11-23(31-5)24(13-20)33(29,30)27-15-18(3)12-19(4)16-27/h6-11,13,17-19H,12,14-16H2,1-5H3,(H,26,28). The predicted octanol–water partition coefficient (Wildman–Crippen LogP) is 4.08. The number of carbonyl (C=O) groups is 1. The lowest BCUT2D eigenvalue weighted by Gasteiger charge is -2.34. The summed E-state index contributed by atoms with van der Waals surface area (Å²) in [5, 5.41) is 2.87. The first-order chi connectivity index (χ1) is 15.6. The minimum absolute atomic E-state index is 0.0106. The summed E-state index contributed by atoms with van der Waals surface area (Å²) in [5.41, 5.74) is 1.10. The van der Waals surface area contributed by atoms with Crippen LogP contribution < -0.4 is 14.8 Å². The number of rotatable bonds is 8. The summed E-state index contributed by atoms with van der Waals surface area (Å²) < 4.78 is 39.6. The zero-order valence-corrected chi connectivity index (χ0v) is 20.8. The Bertz CT molecular complexity index is 1070. The van der Waals surface area contributed by atoms with Gasteiger partial charge in [0.15, 0.2) is 0 Å². The van der Waals surface area contributed by atoms with Gasteiger partial charge in [0.05, 0.1) is 13.2 Å². The van der Waals surface area contributed by atoms with Crippen LogP contribution in [-0.2, 0) is 16.6 Å². The van der Waals surface area contributed by atoms with Gasteiger partial charge in [-0.15, -0.1) is 0 Å². The number of nitrogens with zero attached hydrogens (tertiary/aromatic N) is 1. The van der Waals surface area contributed by atoms with Crippen LogP contribution >= 0.6 is 0 Å². The number of amides is 1. The van der Waals surface area contributed by atoms with E-state index in [9.17, 15) is 13.2 Å². The fourth-order valence-corrected chi connectivity index (χ4v) is 6.12. The lowest BCUT2D eigenvalue weighted by molar-refractivity contribution is 0.0950. The molecule has 1 N–H and O–H groups in total. The zero-order chi connectivity index (χ0) is 24.2. The molecule has 2 aromatic carbocycles. The van der Waals surface area contributed by atoms with E-state index in [2.05, 4.69) is 19.2 Å². The minimum Gasteiger partial charge on any atom is -0.495 e. The first kappa shape index (κ1) is 25.1. The van der Waals surface area contributed by atoms with Crippen molar-refractivity contribution in [3.63, 3.8) is 0 Å². The van der Waals surface area contributed by atoms with Crippen molar-refractivity contribution in [1.29, 1.82) is 0 Å². The van der Waals surface area contributed by atoms with Gasteiger partial charge in [0, 0.05) is 30.8 Å². The average molecular weight is 475 g/mol. The third-order valence-electron chi connectivity index (χ3n) is 5.65. The number of hydrogen-bond donors (Lipinski definition) is 1. The van der Waals surface area contributed by atoms with Crippen LogP contribution in [-0.4, -0.2) is 44.9 Å². The molecule has 0 bridgehead atoms. The molecule has 2 unspecified atom stereocenters. The van der Waals surface area contributed by atoms with E-state index in [4.69, 9.17) is 9.47 Å². The maximum atomic E-state index is 13.5. The highest BCUT2D eigenvalue weighted by molar-refractivity contribution is 7.89. The topological polar surface area (TPSA) is 84.9 Å². The molecule has 1 saturated heterocycles. The fraction of sp³-hybridized carbons (Fsp3) is 0.480. The predicted molar refractivity (Wildman–Crippen MR) is 128 cm³/mol. The van der Waals surface area contributed by atoms with Crippen LogP contribution in [0.3, 0.4) is 0 Å². The second kappa shape index (κ2) is 10.6. The van der Waals surface area contributed by atoms with E-state index < -0.39 is 10.0 Å². The molecule has 0 spiro atoms. The van der Waals surface area contributed by atoms with Gasteiger partial charge in [-0.05, 0) is 56.4 Å². The third-order valence-corrected chi connectivity index (χ3v) is 7.51. The molecule has 2 aromatic rings. The van der Waals surface area contributed by atoms with Gasteiger partial charge in [-0.1, -0.05) is 32.0 Å². The highest BCUT2D eigenvalue weighted by Gasteiger charge is 2.34. The van der Waals surface area contributed by atoms with E-state index in [0.29, 0.717) is 18.8 Å². The molecule has 3 rings (SSSR count). The maximum absolute atomic E-state index is 13.5. The van der Waals surface area contributed by atoms with Gasteiger partial charge in [0.1, 0.15) is 16.4 Å². The smallest absolute Gasteiger partial charge is 0.251 e. The van der Waals surface area contributed by atoms with Gasteiger partial charge in [-0.3, -0.25) is 4.79 Å². The van der Waals surface area contributed by atoms with Crippen molar-refractivity contribution in [2.75, 3.05) is 20.2 Å². The lowest BCUT2D eigenvalue weighted by atomic mass is 9.94. The van der Waals surface area contributed by atoms with E-state index in [-0.39, 0.29) is 46.6 Å². The molecule has 7 nitrogen and oxygen atoms in total. The van der Waals surface area contributed by atoms with Crippen molar-refractivity contribution >= 4 is 15.9 Å². The Morgan fingerprint density at radius 2 is 1.76 bits per heavy atom. The van der Waals surface area contributed by atoms with Gasteiger partial charge in [0.2, 0.25) is 10.0 Å². The summed E-state index contributed by atoms with van der Waals surface area (Å²) in [5.74, 6) is 1.12. The Morgan fingerprint density at radius 1 is 1.09 bits per heavy atom.